The van der Waals surface area contributed by atoms with Gasteiger partial charge in [0.05, 0.1) is 12.1 Å². The minimum Gasteiger partial charge on any atom is -0.504 e. The predicted molar refractivity (Wildman–Crippen MR) is 77.0 cm³/mol. The van der Waals surface area contributed by atoms with E-state index in [1.807, 2.05) is 24.4 Å². The van der Waals surface area contributed by atoms with Crippen molar-refractivity contribution in [3.63, 3.8) is 0 Å². The van der Waals surface area contributed by atoms with Crippen LogP contribution in [0.3, 0.4) is 0 Å². The number of benzene rings is 1. The van der Waals surface area contributed by atoms with Gasteiger partial charge in [0.1, 0.15) is 0 Å². The fraction of sp³-hybridized carbons (Fsp3) is 0.357. The lowest BCUT2D eigenvalue weighted by atomic mass is 9.99. The topological polar surface area (TPSA) is 68.4 Å². The first-order valence-electron chi connectivity index (χ1n) is 6.12. The van der Waals surface area contributed by atoms with Crippen LogP contribution in [0.2, 0.25) is 0 Å². The summed E-state index contributed by atoms with van der Waals surface area (Å²) < 4.78 is 5.12. The zero-order chi connectivity index (χ0) is 13.8. The highest BCUT2D eigenvalue weighted by molar-refractivity contribution is 7.09. The second kappa shape index (κ2) is 6.04. The molecule has 2 rings (SSSR count). The summed E-state index contributed by atoms with van der Waals surface area (Å²) in [5.41, 5.74) is 7.96. The molecule has 102 valence electrons. The normalized spacial score (nSPS) is 12.4. The highest BCUT2D eigenvalue weighted by Gasteiger charge is 2.15. The van der Waals surface area contributed by atoms with E-state index in [4.69, 9.17) is 10.5 Å². The van der Waals surface area contributed by atoms with E-state index in [-0.39, 0.29) is 11.7 Å². The van der Waals surface area contributed by atoms with Crippen LogP contribution in [-0.4, -0.2) is 23.7 Å². The van der Waals surface area contributed by atoms with E-state index < -0.39 is 0 Å². The van der Waals surface area contributed by atoms with Crippen molar-refractivity contribution in [3.8, 4) is 11.5 Å². The van der Waals surface area contributed by atoms with Gasteiger partial charge in [-0.3, -0.25) is 0 Å². The Morgan fingerprint density at radius 2 is 2.26 bits per heavy atom. The highest BCUT2D eigenvalue weighted by Crippen LogP contribution is 2.29. The van der Waals surface area contributed by atoms with E-state index >= 15 is 0 Å². The number of nitrogens with two attached hydrogens (primary N) is 1. The van der Waals surface area contributed by atoms with Crippen LogP contribution >= 0.6 is 11.3 Å². The van der Waals surface area contributed by atoms with Crippen LogP contribution in [-0.2, 0) is 6.42 Å². The van der Waals surface area contributed by atoms with Gasteiger partial charge < -0.3 is 15.6 Å². The van der Waals surface area contributed by atoms with Gasteiger partial charge in [-0.2, -0.15) is 0 Å². The fourth-order valence-corrected chi connectivity index (χ4v) is 2.88. The summed E-state index contributed by atoms with van der Waals surface area (Å²) in [4.78, 5) is 4.50. The molecule has 0 radical (unpaired) electrons. The average Bonchev–Trinajstić information content (AvgIpc) is 2.84. The van der Waals surface area contributed by atoms with Crippen LogP contribution in [0.5, 0.6) is 11.5 Å². The summed E-state index contributed by atoms with van der Waals surface area (Å²) in [5.74, 6) is 0.845. The van der Waals surface area contributed by atoms with E-state index in [1.165, 1.54) is 0 Å². The molecule has 0 aliphatic rings. The molecule has 1 unspecified atom stereocenters. The summed E-state index contributed by atoms with van der Waals surface area (Å²) in [6, 6.07) is 5.38. The van der Waals surface area contributed by atoms with E-state index in [0.717, 1.165) is 22.7 Å². The molecule has 19 heavy (non-hydrogen) atoms. The number of phenolic OH excluding ortho intramolecular Hbond substituents is 1. The van der Waals surface area contributed by atoms with Gasteiger partial charge in [0.2, 0.25) is 0 Å². The van der Waals surface area contributed by atoms with Gasteiger partial charge in [-0.15, -0.1) is 11.3 Å². The third-order valence-corrected chi connectivity index (χ3v) is 4.12. The van der Waals surface area contributed by atoms with Gasteiger partial charge in [-0.05, 0) is 31.0 Å². The maximum Gasteiger partial charge on any atom is 0.160 e. The quantitative estimate of drug-likeness (QED) is 0.881. The van der Waals surface area contributed by atoms with E-state index in [9.17, 15) is 5.11 Å². The maximum atomic E-state index is 9.59. The number of phenols is 1. The van der Waals surface area contributed by atoms with E-state index in [2.05, 4.69) is 4.98 Å². The second-order valence-corrected chi connectivity index (χ2v) is 5.36. The molecule has 1 atom stereocenters. The highest BCUT2D eigenvalue weighted by atomic mass is 32.1. The second-order valence-electron chi connectivity index (χ2n) is 4.47. The molecule has 4 nitrogen and oxygen atoms in total. The summed E-state index contributed by atoms with van der Waals surface area (Å²) in [6.45, 7) is 2.54. The van der Waals surface area contributed by atoms with Crippen molar-refractivity contribution in [2.45, 2.75) is 19.3 Å². The van der Waals surface area contributed by atoms with Crippen LogP contribution in [0.15, 0.2) is 23.6 Å². The summed E-state index contributed by atoms with van der Waals surface area (Å²) in [6.07, 6.45) is 0.792. The first-order valence-corrected chi connectivity index (χ1v) is 7.00. The van der Waals surface area contributed by atoms with Gasteiger partial charge in [-0.25, -0.2) is 4.98 Å². The Balaban J connectivity index is 2.18. The molecule has 1 heterocycles. The molecule has 0 spiro atoms. The molecule has 1 aromatic heterocycles. The predicted octanol–water partition coefficient (Wildman–Crippen LogP) is 2.45. The lowest BCUT2D eigenvalue weighted by molar-refractivity contribution is 0.373. The van der Waals surface area contributed by atoms with Crippen molar-refractivity contribution in [1.29, 1.82) is 0 Å². The van der Waals surface area contributed by atoms with Crippen molar-refractivity contribution < 1.29 is 9.84 Å². The Bertz CT molecular complexity index is 554. The van der Waals surface area contributed by atoms with E-state index in [1.54, 1.807) is 24.5 Å². The zero-order valence-corrected chi connectivity index (χ0v) is 11.9. The molecule has 0 saturated carbocycles. The van der Waals surface area contributed by atoms with Gasteiger partial charge >= 0.3 is 0 Å². The molecule has 0 fully saturated rings. The molecule has 5 heteroatoms. The Kier molecular flexibility index (Phi) is 4.39. The minimum atomic E-state index is 0.153. The van der Waals surface area contributed by atoms with Gasteiger partial charge in [0.15, 0.2) is 11.5 Å². The fourth-order valence-electron chi connectivity index (χ4n) is 1.96. The average molecular weight is 278 g/mol. The minimum absolute atomic E-state index is 0.153. The molecule has 0 bridgehead atoms. The third-order valence-electron chi connectivity index (χ3n) is 3.00. The van der Waals surface area contributed by atoms with Crippen LogP contribution in [0, 0.1) is 6.92 Å². The lowest BCUT2D eigenvalue weighted by Gasteiger charge is -2.13. The number of nitrogens with zero attached hydrogens (tertiary/aromatic N) is 1. The van der Waals surface area contributed by atoms with Crippen LogP contribution in [0.4, 0.5) is 0 Å². The first-order chi connectivity index (χ1) is 9.13. The molecule has 1 aromatic carbocycles. The number of hydrogen-bond donors (Lipinski definition) is 2. The van der Waals surface area contributed by atoms with Crippen LogP contribution < -0.4 is 10.5 Å². The number of thiazole rings is 1. The van der Waals surface area contributed by atoms with Crippen molar-refractivity contribution in [2.24, 2.45) is 5.73 Å². The Morgan fingerprint density at radius 3 is 2.84 bits per heavy atom. The first kappa shape index (κ1) is 13.8. The molecule has 0 aliphatic carbocycles. The summed E-state index contributed by atoms with van der Waals surface area (Å²) >= 11 is 1.64. The van der Waals surface area contributed by atoms with Crippen LogP contribution in [0.25, 0.3) is 0 Å². The molecule has 0 saturated heterocycles. The molecular formula is C14H18N2O2S. The number of aryl methyl sites for hydroxylation is 1. The monoisotopic (exact) mass is 278 g/mol. The zero-order valence-electron chi connectivity index (χ0n) is 11.1. The van der Waals surface area contributed by atoms with Gasteiger partial charge in [0, 0.05) is 23.5 Å². The number of aromatic hydroxyl groups is 1. The number of rotatable bonds is 5. The number of methoxy groups -OCH3 is 1. The van der Waals surface area contributed by atoms with Crippen molar-refractivity contribution in [2.75, 3.05) is 13.7 Å². The maximum absolute atomic E-state index is 9.59. The standard InChI is InChI=1S/C14H18N2O2S/c1-9-8-19-14(16-9)11(7-15)5-10-3-4-12(17)13(6-10)18-2/h3-4,6,8,11,17H,5,7,15H2,1-2H3. The van der Waals surface area contributed by atoms with E-state index in [0.29, 0.717) is 12.3 Å². The SMILES string of the molecule is COc1cc(CC(CN)c2nc(C)cs2)ccc1O. The number of hydrogen-bond acceptors (Lipinski definition) is 5. The number of ether oxygens (including phenoxy) is 1. The third kappa shape index (κ3) is 3.24. The largest absolute Gasteiger partial charge is 0.504 e. The smallest absolute Gasteiger partial charge is 0.160 e. The van der Waals surface area contributed by atoms with Crippen molar-refractivity contribution >= 4 is 11.3 Å². The lowest BCUT2D eigenvalue weighted by Crippen LogP contribution is -2.15. The Labute approximate surface area is 116 Å². The summed E-state index contributed by atoms with van der Waals surface area (Å²) in [5, 5.41) is 12.7. The van der Waals surface area contributed by atoms with Crippen molar-refractivity contribution in [1.82, 2.24) is 4.98 Å². The Morgan fingerprint density at radius 1 is 1.47 bits per heavy atom. The molecule has 3 N–H and O–H groups in total. The van der Waals surface area contributed by atoms with Gasteiger partial charge in [0.25, 0.3) is 0 Å². The molecule has 0 aliphatic heterocycles. The molecule has 2 aromatic rings. The number of aromatic nitrogens is 1. The Hall–Kier alpha value is -1.59. The molecule has 0 amide bonds. The van der Waals surface area contributed by atoms with Crippen LogP contribution in [0.1, 0.15) is 22.2 Å². The van der Waals surface area contributed by atoms with Gasteiger partial charge in [-0.1, -0.05) is 6.07 Å². The molecular weight excluding hydrogens is 260 g/mol. The summed E-state index contributed by atoms with van der Waals surface area (Å²) in [7, 11) is 1.55. The van der Waals surface area contributed by atoms with Crippen molar-refractivity contribution in [3.05, 3.63) is 39.8 Å².